The fourth-order valence-corrected chi connectivity index (χ4v) is 0.921. The first-order chi connectivity index (χ1) is 6.00. The molecule has 0 atom stereocenters. The molecule has 70 valence electrons. The molecule has 0 spiro atoms. The Kier molecular flexibility index (Phi) is 2.46. The van der Waals surface area contributed by atoms with E-state index in [1.54, 1.807) is 6.92 Å². The van der Waals surface area contributed by atoms with E-state index in [1.807, 2.05) is 0 Å². The average Bonchev–Trinajstić information content (AvgIpc) is 2.29. The Hall–Kier alpha value is -1.65. The molecule has 1 aromatic rings. The van der Waals surface area contributed by atoms with Gasteiger partial charge in [-0.3, -0.25) is 9.59 Å². The van der Waals surface area contributed by atoms with Crippen molar-refractivity contribution in [3.8, 4) is 5.88 Å². The van der Waals surface area contributed by atoms with Crippen LogP contribution in [0.5, 0.6) is 5.88 Å². The van der Waals surface area contributed by atoms with Crippen molar-refractivity contribution in [3.05, 3.63) is 11.8 Å². The van der Waals surface area contributed by atoms with Crippen molar-refractivity contribution < 1.29 is 14.3 Å². The molecule has 0 aliphatic rings. The molecule has 0 fully saturated rings. The highest BCUT2D eigenvalue weighted by molar-refractivity contribution is 5.78. The summed E-state index contributed by atoms with van der Waals surface area (Å²) in [5.41, 5.74) is 0.631. The molecule has 0 saturated heterocycles. The van der Waals surface area contributed by atoms with Crippen LogP contribution in [0.3, 0.4) is 0 Å². The molecular formula is C8H10N2O3. The molecule has 0 aliphatic heterocycles. The monoisotopic (exact) mass is 182 g/mol. The molecule has 0 N–H and O–H groups in total. The zero-order chi connectivity index (χ0) is 10.0. The summed E-state index contributed by atoms with van der Waals surface area (Å²) in [6, 6.07) is 1.53. The Bertz CT molecular complexity index is 354. The van der Waals surface area contributed by atoms with Crippen LogP contribution in [-0.4, -0.2) is 21.7 Å². The number of carbonyl (C=O) groups excluding carboxylic acids is 2. The lowest BCUT2D eigenvalue weighted by atomic mass is 10.5. The molecule has 1 rings (SSSR count). The summed E-state index contributed by atoms with van der Waals surface area (Å²) < 4.78 is 5.82. The minimum absolute atomic E-state index is 0.164. The molecule has 0 unspecified atom stereocenters. The third-order valence-corrected chi connectivity index (χ3v) is 1.35. The highest BCUT2D eigenvalue weighted by atomic mass is 16.5. The van der Waals surface area contributed by atoms with E-state index in [9.17, 15) is 9.59 Å². The summed E-state index contributed by atoms with van der Waals surface area (Å²) in [7, 11) is 0. The van der Waals surface area contributed by atoms with E-state index in [-0.39, 0.29) is 11.8 Å². The minimum Gasteiger partial charge on any atom is -0.407 e. The molecule has 13 heavy (non-hydrogen) atoms. The van der Waals surface area contributed by atoms with Crippen LogP contribution in [0, 0.1) is 6.92 Å². The van der Waals surface area contributed by atoms with Gasteiger partial charge in [0.15, 0.2) is 0 Å². The van der Waals surface area contributed by atoms with Crippen molar-refractivity contribution in [1.29, 1.82) is 0 Å². The normalized spacial score (nSPS) is 9.77. The van der Waals surface area contributed by atoms with Gasteiger partial charge in [-0.05, 0) is 6.92 Å². The van der Waals surface area contributed by atoms with Crippen LogP contribution in [-0.2, 0) is 4.79 Å². The maximum absolute atomic E-state index is 11.0. The number of esters is 1. The Morgan fingerprint density at radius 1 is 1.46 bits per heavy atom. The van der Waals surface area contributed by atoms with E-state index in [2.05, 4.69) is 5.10 Å². The van der Waals surface area contributed by atoms with E-state index in [0.29, 0.717) is 5.69 Å². The van der Waals surface area contributed by atoms with E-state index in [1.165, 1.54) is 19.9 Å². The van der Waals surface area contributed by atoms with Crippen molar-refractivity contribution in [2.75, 3.05) is 0 Å². The molecule has 1 aromatic heterocycles. The highest BCUT2D eigenvalue weighted by Crippen LogP contribution is 2.12. The van der Waals surface area contributed by atoms with Gasteiger partial charge in [0.05, 0.1) is 5.69 Å². The lowest BCUT2D eigenvalue weighted by Crippen LogP contribution is -2.12. The summed E-state index contributed by atoms with van der Waals surface area (Å²) in [6.45, 7) is 4.33. The number of carbonyl (C=O) groups is 2. The van der Waals surface area contributed by atoms with Gasteiger partial charge in [-0.2, -0.15) is 9.78 Å². The van der Waals surface area contributed by atoms with Crippen LogP contribution in [0.4, 0.5) is 0 Å². The third-order valence-electron chi connectivity index (χ3n) is 1.35. The first kappa shape index (κ1) is 9.44. The van der Waals surface area contributed by atoms with Crippen molar-refractivity contribution in [2.24, 2.45) is 0 Å². The number of aryl methyl sites for hydroxylation is 1. The van der Waals surface area contributed by atoms with Crippen LogP contribution in [0.25, 0.3) is 0 Å². The predicted octanol–water partition coefficient (Wildman–Crippen LogP) is 0.777. The summed E-state index contributed by atoms with van der Waals surface area (Å²) in [5.74, 6) is -0.593. The maximum Gasteiger partial charge on any atom is 0.309 e. The minimum atomic E-state index is -0.470. The second-order valence-electron chi connectivity index (χ2n) is 2.65. The zero-order valence-electron chi connectivity index (χ0n) is 7.70. The van der Waals surface area contributed by atoms with Gasteiger partial charge in [0.25, 0.3) is 0 Å². The maximum atomic E-state index is 11.0. The molecule has 5 heteroatoms. The predicted molar refractivity (Wildman–Crippen MR) is 44.6 cm³/mol. The van der Waals surface area contributed by atoms with Crippen LogP contribution in [0.15, 0.2) is 6.07 Å². The van der Waals surface area contributed by atoms with Gasteiger partial charge in [-0.25, -0.2) is 0 Å². The first-order valence-electron chi connectivity index (χ1n) is 3.76. The van der Waals surface area contributed by atoms with Crippen molar-refractivity contribution in [3.63, 3.8) is 0 Å². The van der Waals surface area contributed by atoms with E-state index >= 15 is 0 Å². The molecule has 0 aliphatic carbocycles. The zero-order valence-corrected chi connectivity index (χ0v) is 7.70. The van der Waals surface area contributed by atoms with Crippen molar-refractivity contribution in [1.82, 2.24) is 9.78 Å². The lowest BCUT2D eigenvalue weighted by molar-refractivity contribution is -0.132. The number of ether oxygens (including phenoxy) is 1. The second-order valence-corrected chi connectivity index (χ2v) is 2.65. The molecule has 1 heterocycles. The molecule has 0 saturated carbocycles. The molecular weight excluding hydrogens is 172 g/mol. The van der Waals surface area contributed by atoms with E-state index < -0.39 is 5.97 Å². The SMILES string of the molecule is CC(=O)Oc1cc(C)nn1C(C)=O. The Labute approximate surface area is 75.3 Å². The van der Waals surface area contributed by atoms with Crippen LogP contribution in [0.2, 0.25) is 0 Å². The summed E-state index contributed by atoms with van der Waals surface area (Å²) in [6.07, 6.45) is 0. The van der Waals surface area contributed by atoms with E-state index in [0.717, 1.165) is 4.68 Å². The van der Waals surface area contributed by atoms with Gasteiger partial charge in [0.2, 0.25) is 11.8 Å². The van der Waals surface area contributed by atoms with Gasteiger partial charge >= 0.3 is 5.97 Å². The van der Waals surface area contributed by atoms with Gasteiger partial charge in [0.1, 0.15) is 0 Å². The van der Waals surface area contributed by atoms with Crippen molar-refractivity contribution in [2.45, 2.75) is 20.8 Å². The molecule has 5 nitrogen and oxygen atoms in total. The smallest absolute Gasteiger partial charge is 0.309 e. The molecule has 0 amide bonds. The average molecular weight is 182 g/mol. The highest BCUT2D eigenvalue weighted by Gasteiger charge is 2.11. The molecule has 0 bridgehead atoms. The second kappa shape index (κ2) is 3.38. The number of hydrogen-bond donors (Lipinski definition) is 0. The first-order valence-corrected chi connectivity index (χ1v) is 3.76. The third kappa shape index (κ3) is 2.14. The molecule has 0 aromatic carbocycles. The summed E-state index contributed by atoms with van der Waals surface area (Å²) >= 11 is 0. The quantitative estimate of drug-likeness (QED) is 0.602. The lowest BCUT2D eigenvalue weighted by Gasteiger charge is -2.00. The largest absolute Gasteiger partial charge is 0.407 e. The summed E-state index contributed by atoms with van der Waals surface area (Å²) in [4.78, 5) is 21.6. The Morgan fingerprint density at radius 2 is 2.08 bits per heavy atom. The van der Waals surface area contributed by atoms with Crippen LogP contribution in [0.1, 0.15) is 24.3 Å². The van der Waals surface area contributed by atoms with Crippen molar-refractivity contribution >= 4 is 11.9 Å². The number of nitrogens with zero attached hydrogens (tertiary/aromatic N) is 2. The van der Waals surface area contributed by atoms with Gasteiger partial charge in [-0.1, -0.05) is 0 Å². The fourth-order valence-electron chi connectivity index (χ4n) is 0.921. The van der Waals surface area contributed by atoms with Crippen LogP contribution < -0.4 is 4.74 Å². The van der Waals surface area contributed by atoms with E-state index in [4.69, 9.17) is 4.74 Å². The summed E-state index contributed by atoms with van der Waals surface area (Å²) in [5, 5.41) is 3.85. The number of rotatable bonds is 1. The van der Waals surface area contributed by atoms with Gasteiger partial charge in [0, 0.05) is 19.9 Å². The Morgan fingerprint density at radius 3 is 2.54 bits per heavy atom. The molecule has 0 radical (unpaired) electrons. The van der Waals surface area contributed by atoms with Crippen LogP contribution >= 0.6 is 0 Å². The standard InChI is InChI=1S/C8H10N2O3/c1-5-4-8(13-7(3)12)10(9-5)6(2)11/h4H,1-3H3. The number of hydrogen-bond acceptors (Lipinski definition) is 4. The number of aromatic nitrogens is 2. The fraction of sp³-hybridized carbons (Fsp3) is 0.375. The Balaban J connectivity index is 3.04. The topological polar surface area (TPSA) is 61.2 Å². The van der Waals surface area contributed by atoms with Gasteiger partial charge < -0.3 is 4.74 Å². The van der Waals surface area contributed by atoms with Gasteiger partial charge in [-0.15, -0.1) is 0 Å².